The van der Waals surface area contributed by atoms with Gasteiger partial charge in [-0.1, -0.05) is 30.3 Å². The summed E-state index contributed by atoms with van der Waals surface area (Å²) in [7, 11) is 1.33. The summed E-state index contributed by atoms with van der Waals surface area (Å²) in [6, 6.07) is 16.3. The number of hydrogen-bond acceptors (Lipinski definition) is 4. The largest absolute Gasteiger partial charge is 0.465 e. The van der Waals surface area contributed by atoms with Crippen molar-refractivity contribution >= 4 is 17.7 Å². The number of amides is 2. The standard InChI is InChI=1S/C19H20N2O4/c1-24-18(22)15-7-9-16(10-8-15)20-19(23)21-11-12-25-17(13-21)14-5-3-2-4-6-14/h2-10,17H,11-13H2,1H3,(H,20,23)/t17-/m0/s1. The number of nitrogens with zero attached hydrogens (tertiary/aromatic N) is 1. The van der Waals surface area contributed by atoms with Crippen LogP contribution in [0.25, 0.3) is 0 Å². The number of hydrogen-bond donors (Lipinski definition) is 1. The second kappa shape index (κ2) is 7.81. The Morgan fingerprint density at radius 3 is 2.52 bits per heavy atom. The first-order valence-electron chi connectivity index (χ1n) is 8.08. The summed E-state index contributed by atoms with van der Waals surface area (Å²) in [6.45, 7) is 1.53. The Bertz CT molecular complexity index is 731. The summed E-state index contributed by atoms with van der Waals surface area (Å²) >= 11 is 0. The molecule has 6 heteroatoms. The molecular weight excluding hydrogens is 320 g/mol. The monoisotopic (exact) mass is 340 g/mol. The van der Waals surface area contributed by atoms with Crippen LogP contribution in [0.15, 0.2) is 54.6 Å². The van der Waals surface area contributed by atoms with E-state index in [2.05, 4.69) is 10.1 Å². The molecule has 130 valence electrons. The van der Waals surface area contributed by atoms with Gasteiger partial charge in [0.15, 0.2) is 0 Å². The maximum Gasteiger partial charge on any atom is 0.337 e. The molecule has 0 bridgehead atoms. The van der Waals surface area contributed by atoms with E-state index in [0.717, 1.165) is 5.56 Å². The molecule has 0 spiro atoms. The molecule has 3 rings (SSSR count). The molecule has 1 saturated heterocycles. The van der Waals surface area contributed by atoms with Gasteiger partial charge in [0, 0.05) is 12.2 Å². The molecule has 1 heterocycles. The Hall–Kier alpha value is -2.86. The minimum atomic E-state index is -0.406. The average Bonchev–Trinajstić information content (AvgIpc) is 2.68. The molecule has 0 radical (unpaired) electrons. The summed E-state index contributed by atoms with van der Waals surface area (Å²) in [4.78, 5) is 25.7. The number of rotatable bonds is 3. The molecule has 0 aliphatic carbocycles. The van der Waals surface area contributed by atoms with Crippen molar-refractivity contribution in [3.63, 3.8) is 0 Å². The molecule has 0 aromatic heterocycles. The van der Waals surface area contributed by atoms with Crippen LogP contribution < -0.4 is 5.32 Å². The van der Waals surface area contributed by atoms with Crippen LogP contribution in [-0.4, -0.2) is 43.7 Å². The number of anilines is 1. The lowest BCUT2D eigenvalue weighted by atomic mass is 10.1. The van der Waals surface area contributed by atoms with Crippen molar-refractivity contribution in [3.8, 4) is 0 Å². The number of benzene rings is 2. The van der Waals surface area contributed by atoms with Gasteiger partial charge in [0.25, 0.3) is 0 Å². The molecule has 2 aromatic carbocycles. The van der Waals surface area contributed by atoms with Gasteiger partial charge in [0.1, 0.15) is 6.10 Å². The molecule has 1 aliphatic heterocycles. The van der Waals surface area contributed by atoms with Crippen LogP contribution in [0.2, 0.25) is 0 Å². The van der Waals surface area contributed by atoms with Gasteiger partial charge < -0.3 is 19.7 Å². The van der Waals surface area contributed by atoms with Crippen molar-refractivity contribution < 1.29 is 19.1 Å². The molecule has 6 nitrogen and oxygen atoms in total. The van der Waals surface area contributed by atoms with Crippen molar-refractivity contribution in [1.29, 1.82) is 0 Å². The van der Waals surface area contributed by atoms with E-state index in [0.29, 0.717) is 30.9 Å². The highest BCUT2D eigenvalue weighted by atomic mass is 16.5. The lowest BCUT2D eigenvalue weighted by Crippen LogP contribution is -2.44. The molecule has 0 unspecified atom stereocenters. The second-order valence-corrected chi connectivity index (χ2v) is 5.72. The number of carbonyl (C=O) groups excluding carboxylic acids is 2. The van der Waals surface area contributed by atoms with Gasteiger partial charge in [-0.15, -0.1) is 0 Å². The van der Waals surface area contributed by atoms with E-state index in [9.17, 15) is 9.59 Å². The van der Waals surface area contributed by atoms with Gasteiger partial charge in [-0.05, 0) is 29.8 Å². The van der Waals surface area contributed by atoms with Gasteiger partial charge in [0.05, 0.1) is 25.8 Å². The fourth-order valence-corrected chi connectivity index (χ4v) is 2.71. The van der Waals surface area contributed by atoms with Crippen molar-refractivity contribution in [1.82, 2.24) is 4.90 Å². The first-order chi connectivity index (χ1) is 12.2. The zero-order chi connectivity index (χ0) is 17.6. The van der Waals surface area contributed by atoms with Gasteiger partial charge in [-0.2, -0.15) is 0 Å². The van der Waals surface area contributed by atoms with Crippen molar-refractivity contribution in [2.75, 3.05) is 32.1 Å². The second-order valence-electron chi connectivity index (χ2n) is 5.72. The van der Waals surface area contributed by atoms with E-state index in [1.54, 1.807) is 29.2 Å². The number of nitrogens with one attached hydrogen (secondary N) is 1. The minimum absolute atomic E-state index is 0.123. The van der Waals surface area contributed by atoms with Crippen LogP contribution in [0.1, 0.15) is 22.0 Å². The van der Waals surface area contributed by atoms with Gasteiger partial charge in [0.2, 0.25) is 0 Å². The first-order valence-corrected chi connectivity index (χ1v) is 8.08. The summed E-state index contributed by atoms with van der Waals surface area (Å²) in [5.74, 6) is -0.406. The van der Waals surface area contributed by atoms with E-state index in [-0.39, 0.29) is 12.1 Å². The SMILES string of the molecule is COC(=O)c1ccc(NC(=O)N2CCO[C@H](c3ccccc3)C2)cc1. The van der Waals surface area contributed by atoms with Crippen molar-refractivity contribution in [2.24, 2.45) is 0 Å². The van der Waals surface area contributed by atoms with Crippen LogP contribution in [-0.2, 0) is 9.47 Å². The highest BCUT2D eigenvalue weighted by molar-refractivity contribution is 5.92. The van der Waals surface area contributed by atoms with E-state index < -0.39 is 5.97 Å². The fourth-order valence-electron chi connectivity index (χ4n) is 2.71. The molecule has 2 aromatic rings. The number of ether oxygens (including phenoxy) is 2. The van der Waals surface area contributed by atoms with Gasteiger partial charge in [-0.25, -0.2) is 9.59 Å². The van der Waals surface area contributed by atoms with Gasteiger partial charge in [-0.3, -0.25) is 0 Å². The van der Waals surface area contributed by atoms with E-state index in [1.165, 1.54) is 7.11 Å². The Balaban J connectivity index is 1.62. The molecule has 0 saturated carbocycles. The molecule has 25 heavy (non-hydrogen) atoms. The lowest BCUT2D eigenvalue weighted by molar-refractivity contribution is -0.0135. The van der Waals surface area contributed by atoms with Crippen LogP contribution in [0, 0.1) is 0 Å². The third-order valence-electron chi connectivity index (χ3n) is 4.08. The van der Waals surface area contributed by atoms with E-state index >= 15 is 0 Å². The maximum atomic E-state index is 12.5. The summed E-state index contributed by atoms with van der Waals surface area (Å²) in [5, 5.41) is 2.85. The third-order valence-corrected chi connectivity index (χ3v) is 4.08. The summed E-state index contributed by atoms with van der Waals surface area (Å²) in [6.07, 6.45) is -0.123. The van der Waals surface area contributed by atoms with Crippen LogP contribution in [0.5, 0.6) is 0 Å². The van der Waals surface area contributed by atoms with Crippen LogP contribution >= 0.6 is 0 Å². The van der Waals surface area contributed by atoms with Crippen molar-refractivity contribution in [3.05, 3.63) is 65.7 Å². The zero-order valence-corrected chi connectivity index (χ0v) is 14.0. The van der Waals surface area contributed by atoms with Gasteiger partial charge >= 0.3 is 12.0 Å². The Morgan fingerprint density at radius 1 is 1.12 bits per heavy atom. The van der Waals surface area contributed by atoms with E-state index in [1.807, 2.05) is 30.3 Å². The highest BCUT2D eigenvalue weighted by Gasteiger charge is 2.25. The predicted molar refractivity (Wildman–Crippen MR) is 93.5 cm³/mol. The topological polar surface area (TPSA) is 67.9 Å². The Kier molecular flexibility index (Phi) is 5.30. The smallest absolute Gasteiger partial charge is 0.337 e. The molecule has 2 amide bonds. The fraction of sp³-hybridized carbons (Fsp3) is 0.263. The average molecular weight is 340 g/mol. The zero-order valence-electron chi connectivity index (χ0n) is 14.0. The molecular formula is C19H20N2O4. The highest BCUT2D eigenvalue weighted by Crippen LogP contribution is 2.22. The summed E-state index contributed by atoms with van der Waals surface area (Å²) in [5.41, 5.74) is 2.12. The third kappa shape index (κ3) is 4.16. The quantitative estimate of drug-likeness (QED) is 0.872. The molecule has 1 fully saturated rings. The number of esters is 1. The lowest BCUT2D eigenvalue weighted by Gasteiger charge is -2.33. The normalized spacial score (nSPS) is 17.0. The van der Waals surface area contributed by atoms with Crippen molar-refractivity contribution in [2.45, 2.75) is 6.10 Å². The number of urea groups is 1. The summed E-state index contributed by atoms with van der Waals surface area (Å²) < 4.78 is 10.4. The Morgan fingerprint density at radius 2 is 1.84 bits per heavy atom. The van der Waals surface area contributed by atoms with E-state index in [4.69, 9.17) is 4.74 Å². The maximum absolute atomic E-state index is 12.5. The minimum Gasteiger partial charge on any atom is -0.465 e. The van der Waals surface area contributed by atoms with Crippen LogP contribution in [0.4, 0.5) is 10.5 Å². The first kappa shape index (κ1) is 17.0. The predicted octanol–water partition coefficient (Wildman–Crippen LogP) is 3.08. The molecule has 1 aliphatic rings. The molecule has 1 atom stereocenters. The molecule has 1 N–H and O–H groups in total. The number of morpholine rings is 1. The van der Waals surface area contributed by atoms with Crippen LogP contribution in [0.3, 0.4) is 0 Å². The number of methoxy groups -OCH3 is 1. The number of carbonyl (C=O) groups is 2. The Labute approximate surface area is 146 Å².